The van der Waals surface area contributed by atoms with Gasteiger partial charge in [-0.25, -0.2) is 0 Å². The van der Waals surface area contributed by atoms with Crippen LogP contribution in [0.15, 0.2) is 24.3 Å². The summed E-state index contributed by atoms with van der Waals surface area (Å²) in [6, 6.07) is 10.8. The van der Waals surface area contributed by atoms with Crippen molar-refractivity contribution in [1.82, 2.24) is 0 Å². The summed E-state index contributed by atoms with van der Waals surface area (Å²) in [5.41, 5.74) is 1.98. The first-order valence-electron chi connectivity index (χ1n) is 5.78. The minimum Gasteiger partial charge on any atom is -0.378 e. The van der Waals surface area contributed by atoms with Gasteiger partial charge in [0.15, 0.2) is 0 Å². The van der Waals surface area contributed by atoms with Gasteiger partial charge in [0, 0.05) is 19.8 Å². The Balaban J connectivity index is 3.09. The van der Waals surface area contributed by atoms with Gasteiger partial charge >= 0.3 is 0 Å². The van der Waals surface area contributed by atoms with Crippen LogP contribution in [-0.2, 0) is 5.41 Å². The van der Waals surface area contributed by atoms with E-state index in [0.717, 1.165) is 18.4 Å². The first kappa shape index (κ1) is 12.6. The number of nitrogens with zero attached hydrogens (tertiary/aromatic N) is 2. The second-order valence-electron chi connectivity index (χ2n) is 4.34. The van der Waals surface area contributed by atoms with Gasteiger partial charge in [-0.1, -0.05) is 26.0 Å². The molecule has 0 aliphatic carbocycles. The highest BCUT2D eigenvalue weighted by molar-refractivity contribution is 5.48. The van der Waals surface area contributed by atoms with E-state index in [9.17, 15) is 5.26 Å². The highest BCUT2D eigenvalue weighted by Crippen LogP contribution is 2.31. The van der Waals surface area contributed by atoms with Crippen molar-refractivity contribution in [2.24, 2.45) is 0 Å². The molecular formula is C14H20N2. The summed E-state index contributed by atoms with van der Waals surface area (Å²) in [6.45, 7) is 4.15. The maximum absolute atomic E-state index is 9.35. The Labute approximate surface area is 98.5 Å². The predicted molar refractivity (Wildman–Crippen MR) is 68.6 cm³/mol. The standard InChI is InChI=1S/C14H20N2/c1-5-14(6-2,11-15)12-7-9-13(10-8-12)16(3)4/h7-10H,5-6H2,1-4H3. The molecular weight excluding hydrogens is 196 g/mol. The average Bonchev–Trinajstić information content (AvgIpc) is 2.33. The van der Waals surface area contributed by atoms with Crippen LogP contribution in [-0.4, -0.2) is 14.1 Å². The minimum atomic E-state index is -0.315. The van der Waals surface area contributed by atoms with Gasteiger partial charge in [0.1, 0.15) is 0 Å². The zero-order valence-corrected chi connectivity index (χ0v) is 10.6. The van der Waals surface area contributed by atoms with E-state index in [1.54, 1.807) is 0 Å². The number of benzene rings is 1. The molecule has 1 rings (SSSR count). The van der Waals surface area contributed by atoms with Crippen LogP contribution in [0.1, 0.15) is 32.3 Å². The van der Waals surface area contributed by atoms with E-state index in [0.29, 0.717) is 0 Å². The van der Waals surface area contributed by atoms with Crippen molar-refractivity contribution >= 4 is 5.69 Å². The Morgan fingerprint density at radius 3 is 1.94 bits per heavy atom. The molecule has 0 heterocycles. The maximum Gasteiger partial charge on any atom is 0.0817 e. The lowest BCUT2D eigenvalue weighted by Gasteiger charge is -2.24. The Morgan fingerprint density at radius 1 is 1.12 bits per heavy atom. The quantitative estimate of drug-likeness (QED) is 0.772. The molecule has 0 aromatic heterocycles. The summed E-state index contributed by atoms with van der Waals surface area (Å²) in [5, 5.41) is 9.35. The van der Waals surface area contributed by atoms with Crippen LogP contribution in [0.2, 0.25) is 0 Å². The molecule has 0 atom stereocenters. The van der Waals surface area contributed by atoms with Crippen molar-refractivity contribution < 1.29 is 0 Å². The normalized spacial score (nSPS) is 10.9. The van der Waals surface area contributed by atoms with E-state index < -0.39 is 0 Å². The van der Waals surface area contributed by atoms with E-state index in [1.165, 1.54) is 5.69 Å². The zero-order valence-electron chi connectivity index (χ0n) is 10.6. The van der Waals surface area contributed by atoms with E-state index in [1.807, 2.05) is 14.1 Å². The van der Waals surface area contributed by atoms with Crippen LogP contribution < -0.4 is 4.90 Å². The van der Waals surface area contributed by atoms with Gasteiger partial charge in [0.25, 0.3) is 0 Å². The molecule has 16 heavy (non-hydrogen) atoms. The lowest BCUT2D eigenvalue weighted by molar-refractivity contribution is 0.511. The van der Waals surface area contributed by atoms with Crippen molar-refractivity contribution in [2.45, 2.75) is 32.1 Å². The highest BCUT2D eigenvalue weighted by atomic mass is 15.1. The van der Waals surface area contributed by atoms with Gasteiger partial charge in [-0.3, -0.25) is 0 Å². The summed E-state index contributed by atoms with van der Waals surface area (Å²) in [5.74, 6) is 0. The Hall–Kier alpha value is -1.49. The first-order chi connectivity index (χ1) is 7.59. The van der Waals surface area contributed by atoms with Crippen LogP contribution in [0.25, 0.3) is 0 Å². The third kappa shape index (κ3) is 2.19. The van der Waals surface area contributed by atoms with Gasteiger partial charge in [-0.05, 0) is 30.5 Å². The lowest BCUT2D eigenvalue weighted by atomic mass is 9.77. The van der Waals surface area contributed by atoms with Crippen LogP contribution >= 0.6 is 0 Å². The Bertz CT molecular complexity index is 367. The lowest BCUT2D eigenvalue weighted by Crippen LogP contribution is -2.22. The molecule has 0 radical (unpaired) electrons. The van der Waals surface area contributed by atoms with Crippen molar-refractivity contribution in [3.8, 4) is 6.07 Å². The molecule has 0 amide bonds. The van der Waals surface area contributed by atoms with Crippen LogP contribution in [0.4, 0.5) is 5.69 Å². The van der Waals surface area contributed by atoms with Gasteiger partial charge in [-0.15, -0.1) is 0 Å². The first-order valence-corrected chi connectivity index (χ1v) is 5.78. The molecule has 1 aromatic carbocycles. The SMILES string of the molecule is CCC(C#N)(CC)c1ccc(N(C)C)cc1. The summed E-state index contributed by atoms with van der Waals surface area (Å²) >= 11 is 0. The van der Waals surface area contributed by atoms with E-state index in [2.05, 4.69) is 49.1 Å². The summed E-state index contributed by atoms with van der Waals surface area (Å²) in [7, 11) is 4.04. The van der Waals surface area contributed by atoms with Gasteiger partial charge in [-0.2, -0.15) is 5.26 Å². The van der Waals surface area contributed by atoms with E-state index in [4.69, 9.17) is 0 Å². The minimum absolute atomic E-state index is 0.315. The fourth-order valence-corrected chi connectivity index (χ4v) is 1.96. The fraction of sp³-hybridized carbons (Fsp3) is 0.500. The third-order valence-corrected chi connectivity index (χ3v) is 3.36. The van der Waals surface area contributed by atoms with Crippen molar-refractivity contribution in [3.05, 3.63) is 29.8 Å². The average molecular weight is 216 g/mol. The number of hydrogen-bond donors (Lipinski definition) is 0. The highest BCUT2D eigenvalue weighted by Gasteiger charge is 2.27. The smallest absolute Gasteiger partial charge is 0.0817 e. The van der Waals surface area contributed by atoms with Crippen molar-refractivity contribution in [2.75, 3.05) is 19.0 Å². The predicted octanol–water partition coefficient (Wildman–Crippen LogP) is 3.33. The number of nitriles is 1. The van der Waals surface area contributed by atoms with Gasteiger partial charge < -0.3 is 4.90 Å². The molecule has 2 heteroatoms. The Kier molecular flexibility index (Phi) is 3.95. The van der Waals surface area contributed by atoms with Crippen LogP contribution in [0.5, 0.6) is 0 Å². The van der Waals surface area contributed by atoms with Crippen LogP contribution in [0, 0.1) is 11.3 Å². The molecule has 0 unspecified atom stereocenters. The monoisotopic (exact) mass is 216 g/mol. The second-order valence-corrected chi connectivity index (χ2v) is 4.34. The van der Waals surface area contributed by atoms with Gasteiger partial charge in [0.05, 0.1) is 11.5 Å². The Morgan fingerprint density at radius 2 is 1.62 bits per heavy atom. The number of anilines is 1. The van der Waals surface area contributed by atoms with E-state index in [-0.39, 0.29) is 5.41 Å². The number of hydrogen-bond acceptors (Lipinski definition) is 2. The topological polar surface area (TPSA) is 27.0 Å². The van der Waals surface area contributed by atoms with Crippen LogP contribution in [0.3, 0.4) is 0 Å². The zero-order chi connectivity index (χ0) is 12.2. The van der Waals surface area contributed by atoms with Crippen molar-refractivity contribution in [1.29, 1.82) is 5.26 Å². The molecule has 0 aliphatic heterocycles. The molecule has 0 bridgehead atoms. The van der Waals surface area contributed by atoms with Crippen molar-refractivity contribution in [3.63, 3.8) is 0 Å². The molecule has 0 aliphatic rings. The molecule has 2 nitrogen and oxygen atoms in total. The molecule has 0 fully saturated rings. The largest absolute Gasteiger partial charge is 0.378 e. The second kappa shape index (κ2) is 5.03. The molecule has 0 saturated heterocycles. The molecule has 0 N–H and O–H groups in total. The maximum atomic E-state index is 9.35. The molecule has 0 spiro atoms. The fourth-order valence-electron chi connectivity index (χ4n) is 1.96. The molecule has 86 valence electrons. The summed E-state index contributed by atoms with van der Waals surface area (Å²) in [4.78, 5) is 2.07. The number of rotatable bonds is 4. The molecule has 1 aromatic rings. The molecule has 0 saturated carbocycles. The van der Waals surface area contributed by atoms with E-state index >= 15 is 0 Å². The summed E-state index contributed by atoms with van der Waals surface area (Å²) < 4.78 is 0. The van der Waals surface area contributed by atoms with Gasteiger partial charge in [0.2, 0.25) is 0 Å². The summed E-state index contributed by atoms with van der Waals surface area (Å²) in [6.07, 6.45) is 1.72. The third-order valence-electron chi connectivity index (χ3n) is 3.36.